The minimum absolute atomic E-state index is 0.0440. The van der Waals surface area contributed by atoms with Crippen LogP contribution in [0, 0.1) is 11.7 Å². The molecule has 0 saturated carbocycles. The Bertz CT molecular complexity index is 1740. The van der Waals surface area contributed by atoms with Gasteiger partial charge in [-0.2, -0.15) is 0 Å². The normalized spacial score (nSPS) is 22.9. The SMILES string of the molecule is COc1cc(CCCCO[C@@H]2CCN(C(C(=O)O)c3cc(F)ccc3[C@@H]3CCCCO3)C2)nc2c1CCC(C)N2.COc1cc(Cl)nc2c1CCC(C)C2. The molecular formula is C42H56ClFN4O6. The van der Waals surface area contributed by atoms with Crippen LogP contribution in [0.1, 0.15) is 111 Å². The number of nitrogens with zero attached hydrogens (tertiary/aromatic N) is 3. The molecular weight excluding hydrogens is 711 g/mol. The zero-order valence-electron chi connectivity index (χ0n) is 32.2. The van der Waals surface area contributed by atoms with Gasteiger partial charge in [0.25, 0.3) is 0 Å². The van der Waals surface area contributed by atoms with E-state index in [0.717, 1.165) is 110 Å². The van der Waals surface area contributed by atoms with Gasteiger partial charge in [-0.1, -0.05) is 24.6 Å². The molecule has 5 atom stereocenters. The Morgan fingerprint density at radius 1 is 1.04 bits per heavy atom. The summed E-state index contributed by atoms with van der Waals surface area (Å²) in [7, 11) is 3.40. The Kier molecular flexibility index (Phi) is 14.0. The number of carboxylic acids is 1. The maximum Gasteiger partial charge on any atom is 0.325 e. The van der Waals surface area contributed by atoms with Crippen molar-refractivity contribution >= 4 is 23.4 Å². The molecule has 0 radical (unpaired) electrons. The zero-order valence-corrected chi connectivity index (χ0v) is 32.9. The number of unbranched alkanes of at least 4 members (excludes halogenated alkanes) is 1. The van der Waals surface area contributed by atoms with Crippen molar-refractivity contribution in [1.82, 2.24) is 14.9 Å². The lowest BCUT2D eigenvalue weighted by Gasteiger charge is -2.30. The molecule has 5 heterocycles. The highest BCUT2D eigenvalue weighted by atomic mass is 35.5. The number of fused-ring (bicyclic) bond motifs is 2. The summed E-state index contributed by atoms with van der Waals surface area (Å²) in [6, 6.07) is 7.82. The number of pyridine rings is 2. The van der Waals surface area contributed by atoms with Crippen LogP contribution in [0.3, 0.4) is 0 Å². The molecule has 2 fully saturated rings. The van der Waals surface area contributed by atoms with Crippen LogP contribution in [0.15, 0.2) is 30.3 Å². The summed E-state index contributed by atoms with van der Waals surface area (Å²) in [5.74, 6) is 2.06. The Morgan fingerprint density at radius 3 is 2.59 bits per heavy atom. The highest BCUT2D eigenvalue weighted by molar-refractivity contribution is 6.29. The summed E-state index contributed by atoms with van der Waals surface area (Å²) >= 11 is 5.92. The predicted molar refractivity (Wildman–Crippen MR) is 207 cm³/mol. The number of aliphatic carboxylic acids is 1. The van der Waals surface area contributed by atoms with Gasteiger partial charge in [0.2, 0.25) is 0 Å². The molecule has 1 aromatic carbocycles. The monoisotopic (exact) mass is 766 g/mol. The van der Waals surface area contributed by atoms with E-state index < -0.39 is 17.8 Å². The van der Waals surface area contributed by atoms with Gasteiger partial charge in [-0.25, -0.2) is 14.4 Å². The van der Waals surface area contributed by atoms with E-state index >= 15 is 0 Å². The second-order valence-electron chi connectivity index (χ2n) is 15.3. The van der Waals surface area contributed by atoms with Crippen LogP contribution >= 0.6 is 11.6 Å². The van der Waals surface area contributed by atoms with Gasteiger partial charge in [0.05, 0.1) is 26.4 Å². The third-order valence-corrected chi connectivity index (χ3v) is 11.4. The van der Waals surface area contributed by atoms with Crippen LogP contribution in [0.4, 0.5) is 10.2 Å². The molecule has 2 N–H and O–H groups in total. The number of carbonyl (C=O) groups is 1. The summed E-state index contributed by atoms with van der Waals surface area (Å²) in [6.45, 7) is 6.77. The van der Waals surface area contributed by atoms with Crippen molar-refractivity contribution in [1.29, 1.82) is 0 Å². The number of carboxylic acid groups (broad SMARTS) is 1. The molecule has 2 aromatic heterocycles. The fraction of sp³-hybridized carbons (Fsp3) is 0.595. The molecule has 1 aliphatic carbocycles. The number of hydrogen-bond donors (Lipinski definition) is 2. The first-order valence-electron chi connectivity index (χ1n) is 19.7. The molecule has 3 aliphatic heterocycles. The van der Waals surface area contributed by atoms with Crippen LogP contribution in [0.2, 0.25) is 5.15 Å². The molecule has 0 bridgehead atoms. The lowest BCUT2D eigenvalue weighted by atomic mass is 9.88. The van der Waals surface area contributed by atoms with E-state index in [0.29, 0.717) is 49.0 Å². The highest BCUT2D eigenvalue weighted by Gasteiger charge is 2.37. The van der Waals surface area contributed by atoms with Crippen molar-refractivity contribution < 1.29 is 33.2 Å². The molecule has 2 saturated heterocycles. The van der Waals surface area contributed by atoms with Gasteiger partial charge >= 0.3 is 5.97 Å². The van der Waals surface area contributed by atoms with E-state index in [9.17, 15) is 14.3 Å². The summed E-state index contributed by atoms with van der Waals surface area (Å²) < 4.78 is 37.4. The number of likely N-dealkylation sites (tertiary alicyclic amines) is 1. The molecule has 0 spiro atoms. The number of hydrogen-bond acceptors (Lipinski definition) is 9. The van der Waals surface area contributed by atoms with Crippen molar-refractivity contribution in [3.8, 4) is 11.5 Å². The van der Waals surface area contributed by atoms with E-state index in [1.807, 2.05) is 4.90 Å². The number of halogens is 2. The van der Waals surface area contributed by atoms with Crippen LogP contribution in [-0.2, 0) is 40.0 Å². The fourth-order valence-corrected chi connectivity index (χ4v) is 8.47. The summed E-state index contributed by atoms with van der Waals surface area (Å²) in [6.07, 6.45) is 11.4. The number of nitrogens with one attached hydrogen (secondary N) is 1. The molecule has 7 rings (SSSR count). The van der Waals surface area contributed by atoms with Crippen molar-refractivity contribution in [3.63, 3.8) is 0 Å². The number of ether oxygens (including phenoxy) is 4. The number of rotatable bonds is 12. The molecule has 4 aliphatic rings. The van der Waals surface area contributed by atoms with E-state index in [4.69, 9.17) is 35.5 Å². The Balaban J connectivity index is 0.000000297. The summed E-state index contributed by atoms with van der Waals surface area (Å²) in [5, 5.41) is 14.2. The standard InChI is InChI=1S/C31H42FN3O5.C11H14ClNO/c1-20-9-11-25-28(38-2)18-22(34-30(25)33-20)7-3-5-15-39-23-13-14-35(19-23)29(31(36)37)26-17-21(32)10-12-24(26)27-8-4-6-16-40-27;1-7-3-4-8-9(5-7)13-11(12)6-10(8)14-2/h10,12,17-18,20,23,27,29H,3-9,11,13-16,19H2,1-2H3,(H,33,34)(H,36,37);6-7H,3-5H2,1-2H3/t20?,23-,27+,29?;/m1./s1. The van der Waals surface area contributed by atoms with Gasteiger partial charge < -0.3 is 29.4 Å². The lowest BCUT2D eigenvalue weighted by molar-refractivity contribution is -0.143. The van der Waals surface area contributed by atoms with Crippen molar-refractivity contribution in [2.24, 2.45) is 5.92 Å². The molecule has 10 nitrogen and oxygen atoms in total. The second-order valence-corrected chi connectivity index (χ2v) is 15.6. The average Bonchev–Trinajstić information content (AvgIpc) is 3.62. The minimum atomic E-state index is -0.972. The van der Waals surface area contributed by atoms with Gasteiger partial charge in [0.15, 0.2) is 0 Å². The molecule has 294 valence electrons. The molecule has 0 amide bonds. The Labute approximate surface area is 324 Å². The third kappa shape index (κ3) is 10.0. The van der Waals surface area contributed by atoms with Crippen LogP contribution < -0.4 is 14.8 Å². The number of methoxy groups -OCH3 is 2. The van der Waals surface area contributed by atoms with Crippen molar-refractivity contribution in [2.75, 3.05) is 45.8 Å². The highest BCUT2D eigenvalue weighted by Crippen LogP contribution is 2.37. The third-order valence-electron chi connectivity index (χ3n) is 11.2. The maximum atomic E-state index is 14.3. The topological polar surface area (TPSA) is 115 Å². The first-order valence-corrected chi connectivity index (χ1v) is 20.1. The average molecular weight is 767 g/mol. The molecule has 54 heavy (non-hydrogen) atoms. The second kappa shape index (κ2) is 18.9. The molecule has 3 aromatic rings. The first-order chi connectivity index (χ1) is 26.1. The van der Waals surface area contributed by atoms with Crippen molar-refractivity contribution in [3.05, 3.63) is 74.9 Å². The maximum absolute atomic E-state index is 14.3. The zero-order chi connectivity index (χ0) is 38.2. The van der Waals surface area contributed by atoms with Gasteiger partial charge in [0.1, 0.15) is 34.3 Å². The number of benzene rings is 1. The number of anilines is 1. The van der Waals surface area contributed by atoms with Crippen molar-refractivity contribution in [2.45, 2.75) is 115 Å². The smallest absolute Gasteiger partial charge is 0.325 e. The lowest BCUT2D eigenvalue weighted by Crippen LogP contribution is -2.34. The summed E-state index contributed by atoms with van der Waals surface area (Å²) in [4.78, 5) is 23.6. The quantitative estimate of drug-likeness (QED) is 0.138. The van der Waals surface area contributed by atoms with Crippen LogP contribution in [0.25, 0.3) is 0 Å². The van der Waals surface area contributed by atoms with E-state index in [2.05, 4.69) is 30.2 Å². The fourth-order valence-electron chi connectivity index (χ4n) is 8.27. The Hall–Kier alpha value is -3.51. The summed E-state index contributed by atoms with van der Waals surface area (Å²) in [5.41, 5.74) is 5.83. The van der Waals surface area contributed by atoms with Gasteiger partial charge in [-0.15, -0.1) is 0 Å². The largest absolute Gasteiger partial charge is 0.496 e. The number of aryl methyl sites for hydroxylation is 1. The van der Waals surface area contributed by atoms with Gasteiger partial charge in [-0.05, 0) is 113 Å². The van der Waals surface area contributed by atoms with Crippen LogP contribution in [0.5, 0.6) is 11.5 Å². The Morgan fingerprint density at radius 2 is 1.83 bits per heavy atom. The van der Waals surface area contributed by atoms with Crippen LogP contribution in [-0.4, -0.2) is 78.6 Å². The van der Waals surface area contributed by atoms with E-state index in [1.54, 1.807) is 26.4 Å². The van der Waals surface area contributed by atoms with Gasteiger partial charge in [-0.3, -0.25) is 9.69 Å². The van der Waals surface area contributed by atoms with E-state index in [-0.39, 0.29) is 12.2 Å². The molecule has 3 unspecified atom stereocenters. The predicted octanol–water partition coefficient (Wildman–Crippen LogP) is 8.33. The number of aromatic nitrogens is 2. The minimum Gasteiger partial charge on any atom is -0.496 e. The van der Waals surface area contributed by atoms with Gasteiger partial charge in [0, 0.05) is 67.0 Å². The first kappa shape index (κ1) is 40.2. The molecule has 12 heteroatoms. The van der Waals surface area contributed by atoms with E-state index in [1.165, 1.54) is 24.1 Å².